The van der Waals surface area contributed by atoms with Crippen LogP contribution in [0.4, 0.5) is 0 Å². The molecule has 1 amide bonds. The zero-order chi connectivity index (χ0) is 15.1. The lowest BCUT2D eigenvalue weighted by molar-refractivity contribution is -0.118. The van der Waals surface area contributed by atoms with Crippen LogP contribution in [-0.2, 0) is 4.79 Å². The second kappa shape index (κ2) is 7.89. The van der Waals surface area contributed by atoms with Gasteiger partial charge in [-0.25, -0.2) is 0 Å². The number of carbonyl (C=O) groups excluding carboxylic acids is 1. The predicted octanol–water partition coefficient (Wildman–Crippen LogP) is 4.01. The summed E-state index contributed by atoms with van der Waals surface area (Å²) in [4.78, 5) is 13.0. The zero-order valence-electron chi connectivity index (χ0n) is 12.5. The molecule has 0 aliphatic carbocycles. The molecule has 0 aromatic heterocycles. The van der Waals surface area contributed by atoms with E-state index in [0.717, 1.165) is 4.90 Å². The maximum Gasteiger partial charge on any atom is 0.230 e. The molecule has 1 N–H and O–H groups in total. The van der Waals surface area contributed by atoms with E-state index in [1.807, 2.05) is 18.2 Å². The van der Waals surface area contributed by atoms with E-state index in [9.17, 15) is 4.79 Å². The maximum atomic E-state index is 11.9. The Morgan fingerprint density at radius 1 is 1.10 bits per heavy atom. The lowest BCUT2D eigenvalue weighted by atomic mass is 10.0. The second-order valence-electron chi connectivity index (χ2n) is 5.22. The van der Waals surface area contributed by atoms with E-state index >= 15 is 0 Å². The summed E-state index contributed by atoms with van der Waals surface area (Å²) in [7, 11) is 0. The second-order valence-corrected chi connectivity index (χ2v) is 6.27. The summed E-state index contributed by atoms with van der Waals surface area (Å²) in [5.74, 6) is 0.882. The highest BCUT2D eigenvalue weighted by atomic mass is 32.2. The number of rotatable bonds is 6. The van der Waals surface area contributed by atoms with E-state index < -0.39 is 0 Å². The van der Waals surface area contributed by atoms with Crippen molar-refractivity contribution in [3.63, 3.8) is 0 Å². The molecule has 21 heavy (non-hydrogen) atoms. The smallest absolute Gasteiger partial charge is 0.230 e. The van der Waals surface area contributed by atoms with Crippen LogP contribution in [0, 0.1) is 6.92 Å². The highest BCUT2D eigenvalue weighted by Gasteiger charge is 2.07. The molecular weight excluding hydrogens is 278 g/mol. The van der Waals surface area contributed by atoms with Gasteiger partial charge in [0.15, 0.2) is 0 Å². The number of amides is 1. The van der Waals surface area contributed by atoms with Crippen LogP contribution in [0.1, 0.15) is 24.0 Å². The summed E-state index contributed by atoms with van der Waals surface area (Å²) in [5.41, 5.74) is 2.49. The van der Waals surface area contributed by atoms with Gasteiger partial charge in [0.05, 0.1) is 5.75 Å². The Morgan fingerprint density at radius 2 is 1.76 bits per heavy atom. The van der Waals surface area contributed by atoms with Crippen molar-refractivity contribution in [2.75, 3.05) is 12.3 Å². The van der Waals surface area contributed by atoms with Crippen molar-refractivity contribution in [1.29, 1.82) is 0 Å². The molecule has 0 saturated heterocycles. The summed E-state index contributed by atoms with van der Waals surface area (Å²) >= 11 is 1.57. The molecule has 0 fully saturated rings. The Morgan fingerprint density at radius 3 is 2.43 bits per heavy atom. The van der Waals surface area contributed by atoms with Crippen LogP contribution in [-0.4, -0.2) is 18.2 Å². The van der Waals surface area contributed by atoms with Crippen molar-refractivity contribution < 1.29 is 4.79 Å². The third-order valence-electron chi connectivity index (χ3n) is 3.36. The number of benzene rings is 2. The third kappa shape index (κ3) is 5.27. The van der Waals surface area contributed by atoms with Gasteiger partial charge in [0.2, 0.25) is 5.91 Å². The van der Waals surface area contributed by atoms with Gasteiger partial charge < -0.3 is 5.32 Å². The summed E-state index contributed by atoms with van der Waals surface area (Å²) in [6.45, 7) is 4.87. The fraction of sp³-hybridized carbons (Fsp3) is 0.278. The minimum Gasteiger partial charge on any atom is -0.355 e. The SMILES string of the molecule is Cc1ccc(SCC(=O)NCC(C)c2ccccc2)cc1. The van der Waals surface area contributed by atoms with E-state index in [1.165, 1.54) is 11.1 Å². The number of hydrogen-bond donors (Lipinski definition) is 1. The van der Waals surface area contributed by atoms with Gasteiger partial charge in [-0.3, -0.25) is 4.79 Å². The molecule has 0 heterocycles. The first-order chi connectivity index (χ1) is 10.1. The van der Waals surface area contributed by atoms with E-state index in [4.69, 9.17) is 0 Å². The van der Waals surface area contributed by atoms with Crippen LogP contribution in [0.2, 0.25) is 0 Å². The van der Waals surface area contributed by atoms with Gasteiger partial charge in [-0.1, -0.05) is 55.0 Å². The third-order valence-corrected chi connectivity index (χ3v) is 4.38. The molecule has 2 rings (SSSR count). The van der Waals surface area contributed by atoms with Gasteiger partial charge in [-0.2, -0.15) is 0 Å². The van der Waals surface area contributed by atoms with Crippen LogP contribution in [0.3, 0.4) is 0 Å². The minimum absolute atomic E-state index is 0.0864. The molecule has 0 radical (unpaired) electrons. The first-order valence-electron chi connectivity index (χ1n) is 7.16. The largest absolute Gasteiger partial charge is 0.355 e. The average Bonchev–Trinajstić information content (AvgIpc) is 2.53. The van der Waals surface area contributed by atoms with Crippen molar-refractivity contribution in [3.05, 3.63) is 65.7 Å². The van der Waals surface area contributed by atoms with Gasteiger partial charge in [0, 0.05) is 11.4 Å². The summed E-state index contributed by atoms with van der Waals surface area (Å²) in [5, 5.41) is 3.00. The van der Waals surface area contributed by atoms with Crippen LogP contribution in [0.25, 0.3) is 0 Å². The molecule has 0 aliphatic rings. The summed E-state index contributed by atoms with van der Waals surface area (Å²) < 4.78 is 0. The van der Waals surface area contributed by atoms with Crippen molar-refractivity contribution in [1.82, 2.24) is 5.32 Å². The maximum absolute atomic E-state index is 11.9. The lowest BCUT2D eigenvalue weighted by Gasteiger charge is -2.13. The molecule has 2 nitrogen and oxygen atoms in total. The molecule has 0 saturated carbocycles. The Balaban J connectivity index is 1.73. The van der Waals surface area contributed by atoms with Crippen molar-refractivity contribution >= 4 is 17.7 Å². The quantitative estimate of drug-likeness (QED) is 0.817. The van der Waals surface area contributed by atoms with Crippen molar-refractivity contribution in [2.24, 2.45) is 0 Å². The Bertz CT molecular complexity index is 566. The summed E-state index contributed by atoms with van der Waals surface area (Å²) in [6.07, 6.45) is 0. The van der Waals surface area contributed by atoms with Crippen LogP contribution in [0.15, 0.2) is 59.5 Å². The average molecular weight is 299 g/mol. The van der Waals surface area contributed by atoms with Crippen molar-refractivity contribution in [3.8, 4) is 0 Å². The highest BCUT2D eigenvalue weighted by Crippen LogP contribution is 2.18. The van der Waals surface area contributed by atoms with E-state index in [0.29, 0.717) is 18.2 Å². The molecule has 0 spiro atoms. The van der Waals surface area contributed by atoms with E-state index in [1.54, 1.807) is 11.8 Å². The Hall–Kier alpha value is -1.74. The minimum atomic E-state index is 0.0864. The predicted molar refractivity (Wildman–Crippen MR) is 89.8 cm³/mol. The zero-order valence-corrected chi connectivity index (χ0v) is 13.3. The molecule has 3 heteroatoms. The molecule has 1 atom stereocenters. The number of nitrogens with one attached hydrogen (secondary N) is 1. The molecule has 110 valence electrons. The normalized spacial score (nSPS) is 11.9. The Labute approximate surface area is 131 Å². The molecule has 1 unspecified atom stereocenters. The van der Waals surface area contributed by atoms with Crippen LogP contribution < -0.4 is 5.32 Å². The van der Waals surface area contributed by atoms with Gasteiger partial charge in [-0.15, -0.1) is 11.8 Å². The molecule has 0 aliphatic heterocycles. The molecular formula is C18H21NOS. The fourth-order valence-electron chi connectivity index (χ4n) is 2.00. The number of aryl methyl sites for hydroxylation is 1. The first-order valence-corrected chi connectivity index (χ1v) is 8.15. The number of hydrogen-bond acceptors (Lipinski definition) is 2. The molecule has 2 aromatic carbocycles. The van der Waals surface area contributed by atoms with Gasteiger partial charge in [-0.05, 0) is 30.5 Å². The monoisotopic (exact) mass is 299 g/mol. The highest BCUT2D eigenvalue weighted by molar-refractivity contribution is 8.00. The topological polar surface area (TPSA) is 29.1 Å². The standard InChI is InChI=1S/C18H21NOS/c1-14-8-10-17(11-9-14)21-13-18(20)19-12-15(2)16-6-4-3-5-7-16/h3-11,15H,12-13H2,1-2H3,(H,19,20). The first kappa shape index (κ1) is 15.6. The summed E-state index contributed by atoms with van der Waals surface area (Å²) in [6, 6.07) is 18.5. The van der Waals surface area contributed by atoms with Gasteiger partial charge in [0.1, 0.15) is 0 Å². The van der Waals surface area contributed by atoms with E-state index in [-0.39, 0.29) is 5.91 Å². The van der Waals surface area contributed by atoms with Gasteiger partial charge >= 0.3 is 0 Å². The van der Waals surface area contributed by atoms with Crippen LogP contribution >= 0.6 is 11.8 Å². The van der Waals surface area contributed by atoms with E-state index in [2.05, 4.69) is 55.6 Å². The number of carbonyl (C=O) groups is 1. The molecule has 0 bridgehead atoms. The number of thioether (sulfide) groups is 1. The van der Waals surface area contributed by atoms with Gasteiger partial charge in [0.25, 0.3) is 0 Å². The van der Waals surface area contributed by atoms with Crippen molar-refractivity contribution in [2.45, 2.75) is 24.7 Å². The van der Waals surface area contributed by atoms with Crippen LogP contribution in [0.5, 0.6) is 0 Å². The lowest BCUT2D eigenvalue weighted by Crippen LogP contribution is -2.28. The Kier molecular flexibility index (Phi) is 5.88. The molecule has 2 aromatic rings. The fourth-order valence-corrected chi connectivity index (χ4v) is 2.73.